The van der Waals surface area contributed by atoms with Crippen molar-refractivity contribution in [3.05, 3.63) is 58.9 Å². The molecule has 0 radical (unpaired) electrons. The zero-order valence-corrected chi connectivity index (χ0v) is 17.0. The van der Waals surface area contributed by atoms with Crippen molar-refractivity contribution in [2.75, 3.05) is 49.9 Å². The fourth-order valence-electron chi connectivity index (χ4n) is 3.16. The summed E-state index contributed by atoms with van der Waals surface area (Å²) in [6, 6.07) is 11.2. The van der Waals surface area contributed by atoms with Gasteiger partial charge in [0.2, 0.25) is 11.8 Å². The lowest BCUT2D eigenvalue weighted by Crippen LogP contribution is -2.50. The number of amides is 2. The van der Waals surface area contributed by atoms with Crippen LogP contribution < -0.4 is 10.6 Å². The van der Waals surface area contributed by atoms with Crippen LogP contribution in [0.25, 0.3) is 0 Å². The summed E-state index contributed by atoms with van der Waals surface area (Å²) in [7, 11) is 0. The second-order valence-corrected chi connectivity index (χ2v) is 7.55. The van der Waals surface area contributed by atoms with Crippen LogP contribution in [0.1, 0.15) is 5.56 Å². The molecule has 0 bridgehead atoms. The topological polar surface area (TPSA) is 64.7 Å². The highest BCUT2D eigenvalue weighted by molar-refractivity contribution is 6.33. The number of nitrogens with zero attached hydrogens (tertiary/aromatic N) is 2. The van der Waals surface area contributed by atoms with Crippen LogP contribution in [-0.2, 0) is 9.59 Å². The molecule has 1 aliphatic rings. The summed E-state index contributed by atoms with van der Waals surface area (Å²) in [5.41, 5.74) is 2.22. The van der Waals surface area contributed by atoms with E-state index in [9.17, 15) is 14.0 Å². The van der Waals surface area contributed by atoms with Gasteiger partial charge in [-0.25, -0.2) is 4.39 Å². The summed E-state index contributed by atoms with van der Waals surface area (Å²) in [4.78, 5) is 28.5. The average molecular weight is 419 g/mol. The Morgan fingerprint density at radius 3 is 2.03 bits per heavy atom. The average Bonchev–Trinajstić information content (AvgIpc) is 2.67. The minimum Gasteiger partial charge on any atom is -0.325 e. The van der Waals surface area contributed by atoms with Gasteiger partial charge in [0.15, 0.2) is 0 Å². The van der Waals surface area contributed by atoms with Crippen LogP contribution in [0.4, 0.5) is 15.8 Å². The minimum atomic E-state index is -0.340. The van der Waals surface area contributed by atoms with Crippen molar-refractivity contribution in [3.8, 4) is 0 Å². The summed E-state index contributed by atoms with van der Waals surface area (Å²) in [5.74, 6) is -0.595. The van der Waals surface area contributed by atoms with Crippen molar-refractivity contribution in [3.63, 3.8) is 0 Å². The van der Waals surface area contributed by atoms with Crippen LogP contribution in [0, 0.1) is 12.7 Å². The maximum atomic E-state index is 12.9. The van der Waals surface area contributed by atoms with Crippen molar-refractivity contribution in [2.24, 2.45) is 0 Å². The molecular weight excluding hydrogens is 395 g/mol. The molecule has 29 heavy (non-hydrogen) atoms. The standard InChI is InChI=1S/C21H24ClFN4O2/c1-15-2-7-19(18(22)12-15)25-21(29)14-27-10-8-26(9-11-27)13-20(28)24-17-5-3-16(23)4-6-17/h2-7,12H,8-11,13-14H2,1H3,(H,24,28)(H,25,29). The zero-order chi connectivity index (χ0) is 20.8. The monoisotopic (exact) mass is 418 g/mol. The lowest BCUT2D eigenvalue weighted by molar-refractivity contribution is -0.120. The first kappa shape index (κ1) is 21.2. The van der Waals surface area contributed by atoms with Gasteiger partial charge in [0.25, 0.3) is 0 Å². The van der Waals surface area contributed by atoms with E-state index in [2.05, 4.69) is 10.6 Å². The highest BCUT2D eigenvalue weighted by Gasteiger charge is 2.21. The second kappa shape index (κ2) is 9.82. The number of rotatable bonds is 6. The molecule has 1 aliphatic heterocycles. The maximum Gasteiger partial charge on any atom is 0.238 e. The molecule has 2 aromatic rings. The van der Waals surface area contributed by atoms with Gasteiger partial charge in [0, 0.05) is 31.9 Å². The number of halogens is 2. The van der Waals surface area contributed by atoms with Gasteiger partial charge in [0.05, 0.1) is 23.8 Å². The van der Waals surface area contributed by atoms with Crippen LogP contribution >= 0.6 is 11.6 Å². The van der Waals surface area contributed by atoms with Crippen molar-refractivity contribution in [1.82, 2.24) is 9.80 Å². The van der Waals surface area contributed by atoms with E-state index in [1.807, 2.05) is 28.9 Å². The Bertz CT molecular complexity index is 867. The highest BCUT2D eigenvalue weighted by Crippen LogP contribution is 2.22. The predicted octanol–water partition coefficient (Wildman–Crippen LogP) is 2.98. The van der Waals surface area contributed by atoms with Gasteiger partial charge in [-0.15, -0.1) is 0 Å². The number of hydrogen-bond donors (Lipinski definition) is 2. The summed E-state index contributed by atoms with van der Waals surface area (Å²) in [6.45, 7) is 5.25. The van der Waals surface area contributed by atoms with Gasteiger partial charge < -0.3 is 10.6 Å². The van der Waals surface area contributed by atoms with Gasteiger partial charge in [0.1, 0.15) is 5.82 Å². The fraction of sp³-hybridized carbons (Fsp3) is 0.333. The van der Waals surface area contributed by atoms with Crippen molar-refractivity contribution in [2.45, 2.75) is 6.92 Å². The van der Waals surface area contributed by atoms with Crippen LogP contribution in [0.15, 0.2) is 42.5 Å². The highest BCUT2D eigenvalue weighted by atomic mass is 35.5. The van der Waals surface area contributed by atoms with Gasteiger partial charge in [-0.05, 0) is 48.9 Å². The van der Waals surface area contributed by atoms with Gasteiger partial charge in [-0.2, -0.15) is 0 Å². The van der Waals surface area contributed by atoms with Crippen molar-refractivity contribution >= 4 is 34.8 Å². The molecule has 3 rings (SSSR count). The molecule has 0 aromatic heterocycles. The number of hydrogen-bond acceptors (Lipinski definition) is 4. The summed E-state index contributed by atoms with van der Waals surface area (Å²) in [5, 5.41) is 6.12. The van der Waals surface area contributed by atoms with Gasteiger partial charge in [-0.3, -0.25) is 19.4 Å². The normalized spacial score (nSPS) is 15.1. The van der Waals surface area contributed by atoms with E-state index >= 15 is 0 Å². The summed E-state index contributed by atoms with van der Waals surface area (Å²) in [6.07, 6.45) is 0. The number of nitrogens with one attached hydrogen (secondary N) is 2. The van der Waals surface area contributed by atoms with Crippen LogP contribution in [-0.4, -0.2) is 60.9 Å². The smallest absolute Gasteiger partial charge is 0.238 e. The first-order valence-electron chi connectivity index (χ1n) is 9.45. The number of carbonyl (C=O) groups is 2. The molecule has 8 heteroatoms. The van der Waals surface area contributed by atoms with Crippen LogP contribution in [0.3, 0.4) is 0 Å². The fourth-order valence-corrected chi connectivity index (χ4v) is 3.44. The Labute approximate surface area is 174 Å². The van der Waals surface area contributed by atoms with E-state index in [4.69, 9.17) is 11.6 Å². The third kappa shape index (κ3) is 6.52. The van der Waals surface area contributed by atoms with E-state index < -0.39 is 0 Å². The molecule has 0 spiro atoms. The third-order valence-corrected chi connectivity index (χ3v) is 5.04. The molecule has 0 saturated carbocycles. The molecule has 1 fully saturated rings. The number of aryl methyl sites for hydroxylation is 1. The molecule has 0 atom stereocenters. The second-order valence-electron chi connectivity index (χ2n) is 7.14. The Balaban J connectivity index is 1.40. The van der Waals surface area contributed by atoms with Gasteiger partial charge >= 0.3 is 0 Å². The quantitative estimate of drug-likeness (QED) is 0.757. The first-order chi connectivity index (χ1) is 13.9. The Morgan fingerprint density at radius 1 is 0.931 bits per heavy atom. The van der Waals surface area contributed by atoms with E-state index in [1.54, 1.807) is 6.07 Å². The molecule has 0 aliphatic carbocycles. The molecule has 2 N–H and O–H groups in total. The largest absolute Gasteiger partial charge is 0.325 e. The Morgan fingerprint density at radius 2 is 1.48 bits per heavy atom. The maximum absolute atomic E-state index is 12.9. The first-order valence-corrected chi connectivity index (χ1v) is 9.83. The van der Waals surface area contributed by atoms with E-state index in [0.717, 1.165) is 5.56 Å². The van der Waals surface area contributed by atoms with Crippen LogP contribution in [0.2, 0.25) is 5.02 Å². The molecule has 2 aromatic carbocycles. The number of piperazine rings is 1. The van der Waals surface area contributed by atoms with Crippen molar-refractivity contribution in [1.29, 1.82) is 0 Å². The Kier molecular flexibility index (Phi) is 7.19. The van der Waals surface area contributed by atoms with Crippen LogP contribution in [0.5, 0.6) is 0 Å². The zero-order valence-electron chi connectivity index (χ0n) is 16.3. The van der Waals surface area contributed by atoms with Crippen molar-refractivity contribution < 1.29 is 14.0 Å². The summed E-state index contributed by atoms with van der Waals surface area (Å²) < 4.78 is 12.9. The molecule has 2 amide bonds. The molecular formula is C21H24ClFN4O2. The predicted molar refractivity (Wildman–Crippen MR) is 113 cm³/mol. The lowest BCUT2D eigenvalue weighted by atomic mass is 10.2. The molecule has 0 unspecified atom stereocenters. The van der Waals surface area contributed by atoms with E-state index in [-0.39, 0.29) is 30.7 Å². The van der Waals surface area contributed by atoms with E-state index in [1.165, 1.54) is 24.3 Å². The minimum absolute atomic E-state index is 0.113. The molecule has 154 valence electrons. The number of anilines is 2. The Hall–Kier alpha value is -2.48. The lowest BCUT2D eigenvalue weighted by Gasteiger charge is -2.33. The number of carbonyl (C=O) groups excluding carboxylic acids is 2. The molecule has 1 saturated heterocycles. The molecule has 1 heterocycles. The summed E-state index contributed by atoms with van der Waals surface area (Å²) >= 11 is 6.16. The van der Waals surface area contributed by atoms with Gasteiger partial charge in [-0.1, -0.05) is 17.7 Å². The molecule has 6 nitrogen and oxygen atoms in total. The third-order valence-electron chi connectivity index (χ3n) is 4.73. The SMILES string of the molecule is Cc1ccc(NC(=O)CN2CCN(CC(=O)Nc3ccc(F)cc3)CC2)c(Cl)c1. The van der Waals surface area contributed by atoms with E-state index in [0.29, 0.717) is 42.6 Å². The number of benzene rings is 2.